The van der Waals surface area contributed by atoms with Gasteiger partial charge in [0.2, 0.25) is 0 Å². The van der Waals surface area contributed by atoms with Crippen LogP contribution < -0.4 is 10.1 Å². The van der Waals surface area contributed by atoms with Crippen molar-refractivity contribution in [3.05, 3.63) is 23.8 Å². The minimum atomic E-state index is -0.816. The number of benzene rings is 1. The quantitative estimate of drug-likeness (QED) is 0.517. The van der Waals surface area contributed by atoms with Crippen molar-refractivity contribution >= 4 is 17.6 Å². The van der Waals surface area contributed by atoms with Gasteiger partial charge in [0.1, 0.15) is 16.9 Å². The molecule has 0 unspecified atom stereocenters. The number of rotatable bonds is 10. The Hall–Kier alpha value is -2.08. The van der Waals surface area contributed by atoms with Crippen molar-refractivity contribution in [2.45, 2.75) is 84.8 Å². The van der Waals surface area contributed by atoms with Crippen LogP contribution in [0.3, 0.4) is 0 Å². The molecule has 3 atom stereocenters. The summed E-state index contributed by atoms with van der Waals surface area (Å²) < 4.78 is 17.2. The first kappa shape index (κ1) is 24.2. The van der Waals surface area contributed by atoms with Gasteiger partial charge in [0.25, 0.3) is 5.91 Å². The summed E-state index contributed by atoms with van der Waals surface area (Å²) >= 11 is 0. The maximum Gasteiger partial charge on any atom is 0.341 e. The van der Waals surface area contributed by atoms with E-state index in [9.17, 15) is 9.59 Å². The van der Waals surface area contributed by atoms with Crippen LogP contribution >= 0.6 is 0 Å². The number of ether oxygens (including phenoxy) is 3. The van der Waals surface area contributed by atoms with E-state index in [4.69, 9.17) is 14.2 Å². The molecule has 0 saturated heterocycles. The third kappa shape index (κ3) is 6.21. The first-order valence-electron chi connectivity index (χ1n) is 11.3. The average molecular weight is 420 g/mol. The lowest BCUT2D eigenvalue weighted by molar-refractivity contribution is -0.148. The molecular weight excluding hydrogens is 382 g/mol. The summed E-state index contributed by atoms with van der Waals surface area (Å²) in [4.78, 5) is 25.8. The van der Waals surface area contributed by atoms with Gasteiger partial charge < -0.3 is 19.5 Å². The van der Waals surface area contributed by atoms with E-state index in [0.717, 1.165) is 25.7 Å². The Morgan fingerprint density at radius 1 is 1.27 bits per heavy atom. The van der Waals surface area contributed by atoms with Crippen molar-refractivity contribution in [1.82, 2.24) is 0 Å². The Kier molecular flexibility index (Phi) is 9.15. The highest BCUT2D eigenvalue weighted by atomic mass is 16.5. The van der Waals surface area contributed by atoms with Crippen LogP contribution in [0, 0.1) is 5.92 Å². The van der Waals surface area contributed by atoms with Gasteiger partial charge in [0.15, 0.2) is 0 Å². The maximum absolute atomic E-state index is 13.3. The van der Waals surface area contributed by atoms with Gasteiger partial charge in [-0.3, -0.25) is 4.79 Å². The number of hydrogen-bond acceptors (Lipinski definition) is 5. The molecule has 1 fully saturated rings. The molecule has 1 saturated carbocycles. The Bertz CT molecular complexity index is 720. The zero-order chi connectivity index (χ0) is 22.1. The molecule has 1 amide bonds. The van der Waals surface area contributed by atoms with Gasteiger partial charge >= 0.3 is 5.97 Å². The van der Waals surface area contributed by atoms with Gasteiger partial charge in [0.05, 0.1) is 12.7 Å². The van der Waals surface area contributed by atoms with Crippen LogP contribution in [0.15, 0.2) is 18.2 Å². The van der Waals surface area contributed by atoms with Crippen LogP contribution in [0.5, 0.6) is 5.75 Å². The molecular formula is C24H37NO5. The standard InChI is InChI=1S/C24H37NO5/c1-6-14-29-24(13-9-10-17(4)16-24)23(27)25-19-11-12-21(30-18(5)7-2)20(15-19)22(26)28-8-3/h11-12,15,17-18H,6-10,13-14,16H2,1-5H3,(H,25,27)/t17-,18-,24+/m1/s1. The molecule has 0 spiro atoms. The van der Waals surface area contributed by atoms with Crippen molar-refractivity contribution in [2.24, 2.45) is 5.92 Å². The number of carbonyl (C=O) groups excluding carboxylic acids is 2. The first-order chi connectivity index (χ1) is 14.3. The number of nitrogens with one attached hydrogen (secondary N) is 1. The minimum absolute atomic E-state index is 0.0342. The van der Waals surface area contributed by atoms with Crippen LogP contribution in [-0.4, -0.2) is 36.8 Å². The number of esters is 1. The zero-order valence-electron chi connectivity index (χ0n) is 19.1. The van der Waals surface area contributed by atoms with Crippen LogP contribution in [0.25, 0.3) is 0 Å². The lowest BCUT2D eigenvalue weighted by atomic mass is 9.78. The monoisotopic (exact) mass is 419 g/mol. The molecule has 2 rings (SSSR count). The Morgan fingerprint density at radius 2 is 2.03 bits per heavy atom. The third-order valence-corrected chi connectivity index (χ3v) is 5.59. The second-order valence-electron chi connectivity index (χ2n) is 8.27. The molecule has 1 N–H and O–H groups in total. The average Bonchev–Trinajstić information content (AvgIpc) is 2.73. The lowest BCUT2D eigenvalue weighted by Crippen LogP contribution is -2.48. The van der Waals surface area contributed by atoms with E-state index < -0.39 is 11.6 Å². The smallest absolute Gasteiger partial charge is 0.341 e. The van der Waals surface area contributed by atoms with Crippen molar-refractivity contribution in [1.29, 1.82) is 0 Å². The summed E-state index contributed by atoms with van der Waals surface area (Å²) in [7, 11) is 0. The highest BCUT2D eigenvalue weighted by Gasteiger charge is 2.42. The summed E-state index contributed by atoms with van der Waals surface area (Å²) in [6.45, 7) is 10.8. The Morgan fingerprint density at radius 3 is 2.67 bits per heavy atom. The lowest BCUT2D eigenvalue weighted by Gasteiger charge is -2.38. The Labute approximate surface area is 180 Å². The third-order valence-electron chi connectivity index (χ3n) is 5.59. The van der Waals surface area contributed by atoms with Crippen molar-refractivity contribution < 1.29 is 23.8 Å². The molecule has 6 heteroatoms. The molecule has 168 valence electrons. The molecule has 0 aromatic heterocycles. The van der Waals surface area contributed by atoms with E-state index in [2.05, 4.69) is 12.2 Å². The summed E-state index contributed by atoms with van der Waals surface area (Å²) in [5.41, 5.74) is 0.0386. The number of anilines is 1. The molecule has 6 nitrogen and oxygen atoms in total. The molecule has 30 heavy (non-hydrogen) atoms. The minimum Gasteiger partial charge on any atom is -0.490 e. The molecule has 0 heterocycles. The summed E-state index contributed by atoms with van der Waals surface area (Å²) in [5.74, 6) is 0.287. The van der Waals surface area contributed by atoms with Gasteiger partial charge in [-0.25, -0.2) is 4.79 Å². The van der Waals surface area contributed by atoms with Crippen molar-refractivity contribution in [2.75, 3.05) is 18.5 Å². The molecule has 0 aliphatic heterocycles. The molecule has 1 aromatic carbocycles. The fourth-order valence-corrected chi connectivity index (χ4v) is 3.83. The van der Waals surface area contributed by atoms with E-state index >= 15 is 0 Å². The van der Waals surface area contributed by atoms with Crippen LogP contribution in [0.4, 0.5) is 5.69 Å². The second-order valence-corrected chi connectivity index (χ2v) is 8.27. The van der Waals surface area contributed by atoms with E-state index in [0.29, 0.717) is 42.4 Å². The highest BCUT2D eigenvalue weighted by Crippen LogP contribution is 2.37. The summed E-state index contributed by atoms with van der Waals surface area (Å²) in [6, 6.07) is 5.11. The van der Waals surface area contributed by atoms with E-state index in [1.807, 2.05) is 20.8 Å². The Balaban J connectivity index is 2.27. The second kappa shape index (κ2) is 11.3. The summed E-state index contributed by atoms with van der Waals surface area (Å²) in [6.07, 6.45) is 5.14. The van der Waals surface area contributed by atoms with E-state index in [1.165, 1.54) is 0 Å². The van der Waals surface area contributed by atoms with Crippen LogP contribution in [0.1, 0.15) is 83.5 Å². The SMILES string of the molecule is CCCO[C@@]1(C(=O)Nc2ccc(O[C@H](C)CC)c(C(=O)OCC)c2)CCC[C@@H](C)C1. The predicted octanol–water partition coefficient (Wildman–Crippen LogP) is 5.35. The molecule has 1 aromatic rings. The maximum atomic E-state index is 13.3. The summed E-state index contributed by atoms with van der Waals surface area (Å²) in [5, 5.41) is 2.99. The molecule has 1 aliphatic rings. The van der Waals surface area contributed by atoms with Gasteiger partial charge in [-0.1, -0.05) is 27.2 Å². The molecule has 1 aliphatic carbocycles. The van der Waals surface area contributed by atoms with Gasteiger partial charge in [-0.05, 0) is 70.1 Å². The van der Waals surface area contributed by atoms with Crippen molar-refractivity contribution in [3.8, 4) is 5.75 Å². The largest absolute Gasteiger partial charge is 0.490 e. The molecule has 0 bridgehead atoms. The normalized spacial score (nSPS) is 22.2. The predicted molar refractivity (Wildman–Crippen MR) is 118 cm³/mol. The number of carbonyl (C=O) groups is 2. The van der Waals surface area contributed by atoms with Crippen molar-refractivity contribution in [3.63, 3.8) is 0 Å². The first-order valence-corrected chi connectivity index (χ1v) is 11.3. The van der Waals surface area contributed by atoms with Crippen LogP contribution in [-0.2, 0) is 14.3 Å². The van der Waals surface area contributed by atoms with Gasteiger partial charge in [-0.2, -0.15) is 0 Å². The van der Waals surface area contributed by atoms with Gasteiger partial charge in [0, 0.05) is 12.3 Å². The number of hydrogen-bond donors (Lipinski definition) is 1. The van der Waals surface area contributed by atoms with E-state index in [-0.39, 0.29) is 18.6 Å². The fourth-order valence-electron chi connectivity index (χ4n) is 3.83. The van der Waals surface area contributed by atoms with E-state index in [1.54, 1.807) is 25.1 Å². The van der Waals surface area contributed by atoms with Crippen LogP contribution in [0.2, 0.25) is 0 Å². The fraction of sp³-hybridized carbons (Fsp3) is 0.667. The molecule has 0 radical (unpaired) electrons. The topological polar surface area (TPSA) is 73.9 Å². The highest BCUT2D eigenvalue weighted by molar-refractivity contribution is 5.99. The number of amides is 1. The van der Waals surface area contributed by atoms with Gasteiger partial charge in [-0.15, -0.1) is 0 Å². The zero-order valence-corrected chi connectivity index (χ0v) is 19.1.